The van der Waals surface area contributed by atoms with Gasteiger partial charge in [-0.3, -0.25) is 9.36 Å². The molecular formula is C26H26N2O7S. The van der Waals surface area contributed by atoms with Crippen molar-refractivity contribution in [2.75, 3.05) is 34.5 Å². The van der Waals surface area contributed by atoms with Crippen LogP contribution in [-0.4, -0.2) is 50.2 Å². The van der Waals surface area contributed by atoms with E-state index in [-0.39, 0.29) is 30.1 Å². The lowest BCUT2D eigenvalue weighted by atomic mass is 9.95. The van der Waals surface area contributed by atoms with Crippen LogP contribution in [-0.2, 0) is 14.3 Å². The Morgan fingerprint density at radius 3 is 2.53 bits per heavy atom. The van der Waals surface area contributed by atoms with Gasteiger partial charge in [-0.05, 0) is 25.1 Å². The van der Waals surface area contributed by atoms with Crippen molar-refractivity contribution in [2.45, 2.75) is 13.0 Å². The second-order valence-electron chi connectivity index (χ2n) is 7.85. The highest BCUT2D eigenvalue weighted by atomic mass is 32.1. The number of para-hydroxylation sites is 2. The molecule has 10 heteroatoms. The van der Waals surface area contributed by atoms with Crippen molar-refractivity contribution in [2.24, 2.45) is 4.99 Å². The molecule has 1 atom stereocenters. The Kier molecular flexibility index (Phi) is 7.56. The highest BCUT2D eigenvalue weighted by Gasteiger charge is 2.35. The van der Waals surface area contributed by atoms with E-state index < -0.39 is 12.0 Å². The van der Waals surface area contributed by atoms with E-state index in [1.807, 2.05) is 12.1 Å². The number of carbonyl (C=O) groups excluding carboxylic acids is 1. The van der Waals surface area contributed by atoms with Crippen LogP contribution in [0.25, 0.3) is 6.08 Å². The third-order valence-corrected chi connectivity index (χ3v) is 6.72. The number of ether oxygens (including phenoxy) is 4. The summed E-state index contributed by atoms with van der Waals surface area (Å²) in [5.74, 6) is 0.134. The van der Waals surface area contributed by atoms with E-state index >= 15 is 0 Å². The molecule has 4 rings (SSSR count). The average molecular weight is 511 g/mol. The maximum absolute atomic E-state index is 13.7. The van der Waals surface area contributed by atoms with Crippen LogP contribution in [0.15, 0.2) is 63.5 Å². The Hall–Kier alpha value is -3.89. The molecule has 1 N–H and O–H groups in total. The van der Waals surface area contributed by atoms with Crippen LogP contribution < -0.4 is 24.4 Å². The quantitative estimate of drug-likeness (QED) is 0.365. The van der Waals surface area contributed by atoms with E-state index in [0.717, 1.165) is 11.3 Å². The minimum atomic E-state index is -0.825. The Morgan fingerprint density at radius 2 is 1.81 bits per heavy atom. The average Bonchev–Trinajstić information content (AvgIpc) is 3.18. The summed E-state index contributed by atoms with van der Waals surface area (Å²) in [5.41, 5.74) is 1.34. The van der Waals surface area contributed by atoms with Gasteiger partial charge in [0.25, 0.3) is 5.56 Å². The van der Waals surface area contributed by atoms with Gasteiger partial charge in [-0.25, -0.2) is 9.79 Å². The van der Waals surface area contributed by atoms with E-state index in [9.17, 15) is 14.7 Å². The molecule has 36 heavy (non-hydrogen) atoms. The van der Waals surface area contributed by atoms with Crippen molar-refractivity contribution in [3.63, 3.8) is 0 Å². The zero-order valence-corrected chi connectivity index (χ0v) is 21.1. The van der Waals surface area contributed by atoms with Gasteiger partial charge in [-0.15, -0.1) is 0 Å². The van der Waals surface area contributed by atoms with Crippen LogP contribution in [0.4, 0.5) is 0 Å². The molecule has 1 unspecified atom stereocenters. The summed E-state index contributed by atoms with van der Waals surface area (Å²) in [6.45, 7) is 2.01. The van der Waals surface area contributed by atoms with Crippen molar-refractivity contribution in [3.8, 4) is 17.2 Å². The minimum absolute atomic E-state index is 0.0598. The predicted octanol–water partition coefficient (Wildman–Crippen LogP) is 2.15. The molecule has 0 amide bonds. The molecule has 1 aliphatic heterocycles. The molecule has 0 aliphatic carbocycles. The van der Waals surface area contributed by atoms with E-state index in [1.165, 1.54) is 25.9 Å². The molecule has 3 aromatic rings. The normalized spacial score (nSPS) is 15.3. The van der Waals surface area contributed by atoms with Crippen LogP contribution in [0, 0.1) is 0 Å². The third kappa shape index (κ3) is 4.65. The topological polar surface area (TPSA) is 109 Å². The predicted molar refractivity (Wildman–Crippen MR) is 134 cm³/mol. The summed E-state index contributed by atoms with van der Waals surface area (Å²) in [5, 5.41) is 10.5. The molecule has 188 valence electrons. The highest BCUT2D eigenvalue weighted by Crippen LogP contribution is 2.35. The number of rotatable bonds is 8. The molecular weight excluding hydrogens is 484 g/mol. The minimum Gasteiger partial charge on any atom is -0.504 e. The maximum Gasteiger partial charge on any atom is 0.338 e. The van der Waals surface area contributed by atoms with Crippen molar-refractivity contribution in [1.29, 1.82) is 0 Å². The molecule has 0 bridgehead atoms. The van der Waals surface area contributed by atoms with Crippen molar-refractivity contribution >= 4 is 23.4 Å². The molecule has 1 aliphatic rings. The number of hydrogen-bond donors (Lipinski definition) is 1. The molecule has 2 aromatic carbocycles. The van der Waals surface area contributed by atoms with Gasteiger partial charge < -0.3 is 24.1 Å². The van der Waals surface area contributed by atoms with Crippen molar-refractivity contribution in [3.05, 3.63) is 84.5 Å². The van der Waals surface area contributed by atoms with Crippen LogP contribution in [0.1, 0.15) is 24.1 Å². The summed E-state index contributed by atoms with van der Waals surface area (Å²) >= 11 is 1.16. The number of phenols is 1. The molecule has 0 fully saturated rings. The Morgan fingerprint density at radius 1 is 1.08 bits per heavy atom. The van der Waals surface area contributed by atoms with E-state index in [1.54, 1.807) is 43.3 Å². The number of phenolic OH excluding ortho intramolecular Hbond substituents is 1. The molecule has 0 radical (unpaired) electrons. The highest BCUT2D eigenvalue weighted by molar-refractivity contribution is 7.07. The van der Waals surface area contributed by atoms with Crippen LogP contribution in [0.2, 0.25) is 0 Å². The number of benzene rings is 2. The third-order valence-electron chi connectivity index (χ3n) is 5.73. The zero-order valence-electron chi connectivity index (χ0n) is 20.3. The van der Waals surface area contributed by atoms with Gasteiger partial charge in [0.1, 0.15) is 18.4 Å². The van der Waals surface area contributed by atoms with E-state index in [2.05, 4.69) is 4.99 Å². The summed E-state index contributed by atoms with van der Waals surface area (Å²) in [4.78, 5) is 31.9. The lowest BCUT2D eigenvalue weighted by molar-refractivity contribution is -0.140. The number of carbonyl (C=O) groups is 1. The van der Waals surface area contributed by atoms with Gasteiger partial charge in [0, 0.05) is 18.2 Å². The van der Waals surface area contributed by atoms with E-state index in [0.29, 0.717) is 37.7 Å². The zero-order chi connectivity index (χ0) is 25.8. The standard InChI is InChI=1S/C26H26N2O7S/c1-15-21(25(31)35-13-12-32-2)22(17-9-5-6-10-18(17)33-3)28-24(30)20(36-26(28)27-15)14-16-8-7-11-19(34-4)23(16)29/h5-11,14,22,29H,12-13H2,1-4H3. The summed E-state index contributed by atoms with van der Waals surface area (Å²) < 4.78 is 23.0. The van der Waals surface area contributed by atoms with E-state index in [4.69, 9.17) is 18.9 Å². The lowest BCUT2D eigenvalue weighted by Gasteiger charge is -2.26. The van der Waals surface area contributed by atoms with Crippen LogP contribution >= 0.6 is 11.3 Å². The fraction of sp³-hybridized carbons (Fsp3) is 0.269. The summed E-state index contributed by atoms with van der Waals surface area (Å²) in [7, 11) is 4.50. The van der Waals surface area contributed by atoms with Crippen LogP contribution in [0.5, 0.6) is 17.2 Å². The number of aromatic nitrogens is 1. The van der Waals surface area contributed by atoms with Gasteiger partial charge in [-0.1, -0.05) is 41.7 Å². The summed E-state index contributed by atoms with van der Waals surface area (Å²) in [6, 6.07) is 11.4. The first-order chi connectivity index (χ1) is 17.4. The molecule has 9 nitrogen and oxygen atoms in total. The second kappa shape index (κ2) is 10.8. The van der Waals surface area contributed by atoms with Gasteiger partial charge in [0.2, 0.25) is 0 Å². The summed E-state index contributed by atoms with van der Waals surface area (Å²) in [6.07, 6.45) is 1.58. The Bertz CT molecular complexity index is 1500. The number of esters is 1. The molecule has 1 aromatic heterocycles. The fourth-order valence-electron chi connectivity index (χ4n) is 4.03. The number of aromatic hydroxyl groups is 1. The van der Waals surface area contributed by atoms with Crippen molar-refractivity contribution < 1.29 is 28.8 Å². The van der Waals surface area contributed by atoms with Crippen LogP contribution in [0.3, 0.4) is 0 Å². The number of fused-ring (bicyclic) bond motifs is 1. The Balaban J connectivity index is 1.94. The lowest BCUT2D eigenvalue weighted by Crippen LogP contribution is -2.40. The van der Waals surface area contributed by atoms with Gasteiger partial charge in [0.15, 0.2) is 16.3 Å². The molecule has 0 spiro atoms. The molecule has 0 saturated carbocycles. The number of thiazole rings is 1. The van der Waals surface area contributed by atoms with Gasteiger partial charge in [-0.2, -0.15) is 0 Å². The monoisotopic (exact) mass is 510 g/mol. The molecule has 2 heterocycles. The first-order valence-electron chi connectivity index (χ1n) is 11.1. The first kappa shape index (κ1) is 25.2. The Labute approximate surface area is 211 Å². The number of allylic oxidation sites excluding steroid dienone is 1. The van der Waals surface area contributed by atoms with Gasteiger partial charge >= 0.3 is 5.97 Å². The maximum atomic E-state index is 13.7. The van der Waals surface area contributed by atoms with Crippen molar-refractivity contribution in [1.82, 2.24) is 4.57 Å². The number of hydrogen-bond acceptors (Lipinski definition) is 9. The first-order valence-corrected chi connectivity index (χ1v) is 11.9. The SMILES string of the molecule is COCCOC(=O)C1=C(C)N=c2sc(=Cc3cccc(OC)c3O)c(=O)n2C1c1ccccc1OC. The smallest absolute Gasteiger partial charge is 0.338 e. The fourth-order valence-corrected chi connectivity index (χ4v) is 5.06. The number of methoxy groups -OCH3 is 3. The van der Waals surface area contributed by atoms with Gasteiger partial charge in [0.05, 0.1) is 36.6 Å². The number of nitrogens with zero attached hydrogens (tertiary/aromatic N) is 2. The second-order valence-corrected chi connectivity index (χ2v) is 8.86. The molecule has 0 saturated heterocycles. The largest absolute Gasteiger partial charge is 0.504 e.